The summed E-state index contributed by atoms with van der Waals surface area (Å²) in [5.41, 5.74) is -6.01. The molecule has 3 aliphatic rings. The molecule has 2 N–H and O–H groups in total. The Morgan fingerprint density at radius 2 is 1.74 bits per heavy atom. The van der Waals surface area contributed by atoms with Crippen molar-refractivity contribution in [2.45, 2.75) is 84.3 Å². The fraction of sp³-hybridized carbons (Fsp3) is 0.586. The van der Waals surface area contributed by atoms with Gasteiger partial charge >= 0.3 is 5.97 Å². The third-order valence-corrected chi connectivity index (χ3v) is 9.32. The minimum Gasteiger partial charge on any atom is -0.507 e. The number of esters is 1. The SMILES string of the molecule is CCCCCC(=O)O[C@@H]1[C@]2(C)C(C(=O)c3c(O)cccc3[C@H]2C)C(=O)[C@@]2(O)C(=O)C(C(C)=O)C(=O)C[C@@]12C. The molecule has 38 heavy (non-hydrogen) atoms. The van der Waals surface area contributed by atoms with Crippen molar-refractivity contribution in [2.24, 2.45) is 22.7 Å². The third kappa shape index (κ3) is 3.47. The van der Waals surface area contributed by atoms with Gasteiger partial charge in [0, 0.05) is 18.3 Å². The Kier molecular flexibility index (Phi) is 6.75. The van der Waals surface area contributed by atoms with Gasteiger partial charge in [-0.2, -0.15) is 0 Å². The van der Waals surface area contributed by atoms with Crippen LogP contribution in [0.5, 0.6) is 5.75 Å². The lowest BCUT2D eigenvalue weighted by molar-refractivity contribution is -0.234. The number of hydrogen-bond acceptors (Lipinski definition) is 9. The highest BCUT2D eigenvalue weighted by Gasteiger charge is 2.79. The monoisotopic (exact) mass is 526 g/mol. The standard InChI is InChI=1S/C29H34O9/c1-6-7-8-12-19(33)38-26-27(4)13-18(32)20(15(3)30)24(35)29(27,37)25(36)22-23(34)21-16(10-9-11-17(21)31)14(2)28(22,26)5/h9-11,14,20,22,26,31,37H,6-8,12-13H2,1-5H3/t14-,20?,22?,26+,27+,28+,29+/m1/s1. The highest BCUT2D eigenvalue weighted by Crippen LogP contribution is 2.65. The van der Waals surface area contributed by atoms with Crippen molar-refractivity contribution in [2.75, 3.05) is 0 Å². The first-order valence-corrected chi connectivity index (χ1v) is 13.1. The van der Waals surface area contributed by atoms with Crippen LogP contribution in [-0.4, -0.2) is 56.8 Å². The molecule has 9 heteroatoms. The number of phenols is 1. The van der Waals surface area contributed by atoms with E-state index in [4.69, 9.17) is 4.74 Å². The van der Waals surface area contributed by atoms with E-state index < -0.39 is 81.6 Å². The number of carbonyl (C=O) groups is 6. The number of aromatic hydroxyl groups is 1. The summed E-state index contributed by atoms with van der Waals surface area (Å²) in [5, 5.41) is 22.5. The van der Waals surface area contributed by atoms with Gasteiger partial charge < -0.3 is 14.9 Å². The molecule has 1 aromatic carbocycles. The average molecular weight is 527 g/mol. The molecule has 0 heterocycles. The van der Waals surface area contributed by atoms with Gasteiger partial charge in [-0.05, 0) is 30.9 Å². The largest absolute Gasteiger partial charge is 0.507 e. The summed E-state index contributed by atoms with van der Waals surface area (Å²) < 4.78 is 6.00. The Labute approximate surface area is 220 Å². The van der Waals surface area contributed by atoms with Gasteiger partial charge in [-0.1, -0.05) is 52.7 Å². The number of carbonyl (C=O) groups excluding carboxylic acids is 6. The van der Waals surface area contributed by atoms with Crippen LogP contribution in [0.1, 0.15) is 88.6 Å². The zero-order chi connectivity index (χ0) is 28.4. The van der Waals surface area contributed by atoms with Crippen LogP contribution in [-0.2, 0) is 28.7 Å². The first-order valence-electron chi connectivity index (χ1n) is 13.1. The molecule has 0 bridgehead atoms. The molecule has 9 nitrogen and oxygen atoms in total. The van der Waals surface area contributed by atoms with Crippen LogP contribution in [0.15, 0.2) is 18.2 Å². The smallest absolute Gasteiger partial charge is 0.306 e. The number of Topliss-reactive ketones (excluding diaryl/α,β-unsaturated/α-hetero) is 5. The zero-order valence-electron chi connectivity index (χ0n) is 22.3. The van der Waals surface area contributed by atoms with Crippen molar-refractivity contribution >= 4 is 34.9 Å². The van der Waals surface area contributed by atoms with Gasteiger partial charge in [0.2, 0.25) is 0 Å². The molecular formula is C29H34O9. The lowest BCUT2D eigenvalue weighted by atomic mass is 9.40. The van der Waals surface area contributed by atoms with E-state index >= 15 is 0 Å². The lowest BCUT2D eigenvalue weighted by Gasteiger charge is -2.63. The minimum absolute atomic E-state index is 0.0329. The summed E-state index contributed by atoms with van der Waals surface area (Å²) in [5.74, 6) is -10.0. The molecule has 4 rings (SSSR count). The van der Waals surface area contributed by atoms with E-state index in [1.54, 1.807) is 26.0 Å². The van der Waals surface area contributed by atoms with E-state index in [1.807, 2.05) is 6.92 Å². The van der Waals surface area contributed by atoms with Gasteiger partial charge in [0.15, 0.2) is 28.7 Å². The maximum Gasteiger partial charge on any atom is 0.306 e. The molecule has 0 saturated heterocycles. The number of ether oxygens (including phenoxy) is 1. The molecule has 1 aromatic rings. The molecule has 0 aromatic heterocycles. The van der Waals surface area contributed by atoms with Crippen molar-refractivity contribution in [3.05, 3.63) is 29.3 Å². The summed E-state index contributed by atoms with van der Waals surface area (Å²) in [7, 11) is 0. The van der Waals surface area contributed by atoms with E-state index in [9.17, 15) is 39.0 Å². The van der Waals surface area contributed by atoms with Gasteiger partial charge in [0.1, 0.15) is 23.6 Å². The molecule has 2 unspecified atom stereocenters. The van der Waals surface area contributed by atoms with Gasteiger partial charge in [-0.15, -0.1) is 0 Å². The number of rotatable bonds is 6. The molecular weight excluding hydrogens is 492 g/mol. The van der Waals surface area contributed by atoms with Crippen LogP contribution >= 0.6 is 0 Å². The fourth-order valence-corrected chi connectivity index (χ4v) is 7.17. The Bertz CT molecular complexity index is 1260. The van der Waals surface area contributed by atoms with Gasteiger partial charge in [-0.25, -0.2) is 0 Å². The summed E-state index contributed by atoms with van der Waals surface area (Å²) >= 11 is 0. The van der Waals surface area contributed by atoms with E-state index in [1.165, 1.54) is 13.0 Å². The highest BCUT2D eigenvalue weighted by atomic mass is 16.5. The van der Waals surface area contributed by atoms with Crippen molar-refractivity contribution < 1.29 is 43.7 Å². The lowest BCUT2D eigenvalue weighted by Crippen LogP contribution is -2.79. The summed E-state index contributed by atoms with van der Waals surface area (Å²) in [6.45, 7) is 7.65. The topological polar surface area (TPSA) is 152 Å². The third-order valence-electron chi connectivity index (χ3n) is 9.32. The molecule has 7 atom stereocenters. The number of hydrogen-bond donors (Lipinski definition) is 2. The van der Waals surface area contributed by atoms with Crippen LogP contribution in [0, 0.1) is 22.7 Å². The Morgan fingerprint density at radius 3 is 2.34 bits per heavy atom. The maximum absolute atomic E-state index is 14.2. The molecule has 204 valence electrons. The Hall–Kier alpha value is -3.20. The molecule has 2 fully saturated rings. The number of benzene rings is 1. The molecule has 0 amide bonds. The van der Waals surface area contributed by atoms with Gasteiger partial charge in [0.05, 0.1) is 16.9 Å². The zero-order valence-corrected chi connectivity index (χ0v) is 22.3. The number of unbranched alkanes of at least 4 members (excludes halogenated alkanes) is 2. The summed E-state index contributed by atoms with van der Waals surface area (Å²) in [4.78, 5) is 80.3. The van der Waals surface area contributed by atoms with E-state index in [0.717, 1.165) is 19.8 Å². The Balaban J connectivity index is 1.98. The van der Waals surface area contributed by atoms with Crippen LogP contribution in [0.25, 0.3) is 0 Å². The van der Waals surface area contributed by atoms with Crippen molar-refractivity contribution in [1.82, 2.24) is 0 Å². The number of aliphatic hydroxyl groups is 1. The molecule has 2 saturated carbocycles. The second kappa shape index (κ2) is 9.22. The molecule has 0 spiro atoms. The van der Waals surface area contributed by atoms with Crippen LogP contribution in [0.3, 0.4) is 0 Å². The second-order valence-electron chi connectivity index (χ2n) is 11.5. The number of ketones is 5. The first kappa shape index (κ1) is 27.8. The van der Waals surface area contributed by atoms with Gasteiger partial charge in [-0.3, -0.25) is 28.8 Å². The normalized spacial score (nSPS) is 36.3. The first-order chi connectivity index (χ1) is 17.7. The highest BCUT2D eigenvalue weighted by molar-refractivity contribution is 6.32. The fourth-order valence-electron chi connectivity index (χ4n) is 7.17. The van der Waals surface area contributed by atoms with Crippen LogP contribution in [0.4, 0.5) is 0 Å². The molecule has 0 radical (unpaired) electrons. The van der Waals surface area contributed by atoms with E-state index in [2.05, 4.69) is 0 Å². The molecule has 0 aliphatic heterocycles. The second-order valence-corrected chi connectivity index (χ2v) is 11.5. The number of fused-ring (bicyclic) bond motifs is 3. The van der Waals surface area contributed by atoms with Crippen LogP contribution < -0.4 is 0 Å². The van der Waals surface area contributed by atoms with E-state index in [0.29, 0.717) is 12.0 Å². The average Bonchev–Trinajstić information content (AvgIpc) is 2.83. The predicted octanol–water partition coefficient (Wildman–Crippen LogP) is 2.87. The maximum atomic E-state index is 14.2. The van der Waals surface area contributed by atoms with E-state index in [-0.39, 0.29) is 17.7 Å². The summed E-state index contributed by atoms with van der Waals surface area (Å²) in [6.07, 6.45) is 0.186. The Morgan fingerprint density at radius 1 is 1.08 bits per heavy atom. The number of phenolic OH excluding ortho intramolecular Hbond substituents is 1. The van der Waals surface area contributed by atoms with Crippen molar-refractivity contribution in [1.29, 1.82) is 0 Å². The summed E-state index contributed by atoms with van der Waals surface area (Å²) in [6, 6.07) is 4.50. The van der Waals surface area contributed by atoms with Crippen molar-refractivity contribution in [3.63, 3.8) is 0 Å². The molecule has 3 aliphatic carbocycles. The predicted molar refractivity (Wildman–Crippen MR) is 133 cm³/mol. The van der Waals surface area contributed by atoms with Crippen LogP contribution in [0.2, 0.25) is 0 Å². The quantitative estimate of drug-likeness (QED) is 0.324. The van der Waals surface area contributed by atoms with Crippen molar-refractivity contribution in [3.8, 4) is 5.75 Å². The minimum atomic E-state index is -2.94. The van der Waals surface area contributed by atoms with Gasteiger partial charge in [0.25, 0.3) is 0 Å².